The van der Waals surface area contributed by atoms with Crippen LogP contribution in [0.15, 0.2) is 0 Å². The van der Waals surface area contributed by atoms with E-state index in [1.165, 1.54) is 0 Å². The maximum atomic E-state index is 4.93. The van der Waals surface area contributed by atoms with Crippen LogP contribution in [-0.2, 0) is 20.4 Å². The van der Waals surface area contributed by atoms with Crippen LogP contribution in [0.1, 0.15) is 0 Å². The Morgan fingerprint density at radius 2 is 1.20 bits per heavy atom. The number of hydrogen-bond donors (Lipinski definition) is 0. The van der Waals surface area contributed by atoms with Gasteiger partial charge in [-0.3, -0.25) is 0 Å². The van der Waals surface area contributed by atoms with Gasteiger partial charge in [0.15, 0.2) is 0 Å². The fourth-order valence-corrected chi connectivity index (χ4v) is 0. The molecule has 0 unspecified atom stereocenters. The van der Waals surface area contributed by atoms with Crippen molar-refractivity contribution in [1.29, 1.82) is 0 Å². The van der Waals surface area contributed by atoms with Crippen LogP contribution in [0, 0.1) is 7.43 Å². The fraction of sp³-hybridized carbons (Fsp3) is 0. The maximum absolute atomic E-state index is 4.93. The van der Waals surface area contributed by atoms with E-state index in [0.29, 0.717) is 0 Å². The third kappa shape index (κ3) is 23.7. The summed E-state index contributed by atoms with van der Waals surface area (Å²) in [6, 6.07) is 0. The van der Waals surface area contributed by atoms with Gasteiger partial charge in [0.05, 0.1) is 0 Å². The van der Waals surface area contributed by atoms with E-state index < -0.39 is 18.9 Å². The molecule has 0 aliphatic carbocycles. The summed E-state index contributed by atoms with van der Waals surface area (Å²) >= 11 is -0.826. The van der Waals surface area contributed by atoms with Crippen molar-refractivity contribution >= 4 is 36.7 Å². The van der Waals surface area contributed by atoms with E-state index >= 15 is 0 Å². The SMILES string of the molecule is [C].[Cl][Sn][Cl].[Pd]. The molecule has 0 N–H and O–H groups in total. The van der Waals surface area contributed by atoms with Gasteiger partial charge in [-0.2, -0.15) is 0 Å². The molecule has 0 spiro atoms. The van der Waals surface area contributed by atoms with Crippen molar-refractivity contribution in [3.63, 3.8) is 0 Å². The normalized spacial score (nSPS) is 3.60. The van der Waals surface area contributed by atoms with Crippen molar-refractivity contribution < 1.29 is 20.4 Å². The predicted octanol–water partition coefficient (Wildman–Crippen LogP) is 1.08. The van der Waals surface area contributed by atoms with Crippen LogP contribution in [0.2, 0.25) is 0 Å². The summed E-state index contributed by atoms with van der Waals surface area (Å²) in [5.74, 6) is 0. The first-order valence-electron chi connectivity index (χ1n) is 0.378. The first-order chi connectivity index (χ1) is 1.41. The van der Waals surface area contributed by atoms with Crippen LogP contribution >= 0.6 is 17.8 Å². The molecule has 0 rings (SSSR count). The number of halogens is 2. The summed E-state index contributed by atoms with van der Waals surface area (Å²) in [6.07, 6.45) is 0. The van der Waals surface area contributed by atoms with E-state index in [9.17, 15) is 0 Å². The number of rotatable bonds is 0. The summed E-state index contributed by atoms with van der Waals surface area (Å²) in [5, 5.41) is 0. The molecule has 0 saturated heterocycles. The molecule has 0 aromatic heterocycles. The van der Waals surface area contributed by atoms with Gasteiger partial charge < -0.3 is 0 Å². The van der Waals surface area contributed by atoms with Gasteiger partial charge in [-0.25, -0.2) is 0 Å². The van der Waals surface area contributed by atoms with Crippen LogP contribution < -0.4 is 0 Å². The molecular weight excluding hydrogens is 308 g/mol. The molecule has 0 atom stereocenters. The summed E-state index contributed by atoms with van der Waals surface area (Å²) < 4.78 is 0. The zero-order valence-electron chi connectivity index (χ0n) is 2.07. The van der Waals surface area contributed by atoms with E-state index in [4.69, 9.17) is 17.8 Å². The van der Waals surface area contributed by atoms with Gasteiger partial charge in [-0.05, 0) is 0 Å². The molecule has 5 heavy (non-hydrogen) atoms. The van der Waals surface area contributed by atoms with Crippen molar-refractivity contribution in [2.24, 2.45) is 0 Å². The van der Waals surface area contributed by atoms with E-state index in [0.717, 1.165) is 0 Å². The van der Waals surface area contributed by atoms with Crippen LogP contribution in [-0.4, -0.2) is 18.9 Å². The van der Waals surface area contributed by atoms with Gasteiger partial charge in [0.25, 0.3) is 0 Å². The van der Waals surface area contributed by atoms with Crippen LogP contribution in [0.3, 0.4) is 0 Å². The predicted molar refractivity (Wildman–Crippen MR) is 20.7 cm³/mol. The quantitative estimate of drug-likeness (QED) is 0.588. The van der Waals surface area contributed by atoms with E-state index in [1.807, 2.05) is 0 Å². The Balaban J connectivity index is -0.0000000200. The zero-order valence-corrected chi connectivity index (χ0v) is 7.99. The van der Waals surface area contributed by atoms with Gasteiger partial charge in [-0.15, -0.1) is 0 Å². The second-order valence-corrected chi connectivity index (χ2v) is 4.31. The van der Waals surface area contributed by atoms with Crippen molar-refractivity contribution in [3.05, 3.63) is 7.43 Å². The van der Waals surface area contributed by atoms with Crippen molar-refractivity contribution in [2.75, 3.05) is 0 Å². The van der Waals surface area contributed by atoms with Gasteiger partial charge in [0.2, 0.25) is 0 Å². The Kier molecular flexibility index (Phi) is 52.2. The second-order valence-electron chi connectivity index (χ2n) is 0.0714. The van der Waals surface area contributed by atoms with Crippen LogP contribution in [0.25, 0.3) is 0 Å². The Labute approximate surface area is 63.9 Å². The molecule has 0 fully saturated rings. The molecule has 0 nitrogen and oxygen atoms in total. The molecule has 0 aliphatic rings. The molecule has 4 heteroatoms. The van der Waals surface area contributed by atoms with Crippen molar-refractivity contribution in [2.45, 2.75) is 0 Å². The second kappa shape index (κ2) is 16.6. The fourth-order valence-electron chi connectivity index (χ4n) is 0. The molecule has 0 heterocycles. The largest absolute Gasteiger partial charge is 0 e. The van der Waals surface area contributed by atoms with Crippen LogP contribution in [0.5, 0.6) is 0 Å². The summed E-state index contributed by atoms with van der Waals surface area (Å²) in [7, 11) is 9.87. The van der Waals surface area contributed by atoms with E-state index in [-0.39, 0.29) is 27.8 Å². The van der Waals surface area contributed by atoms with Crippen molar-refractivity contribution in [1.82, 2.24) is 0 Å². The average molecular weight is 308 g/mol. The molecular formula is CCl2PdSn. The number of hydrogen-bond acceptors (Lipinski definition) is 0. The third-order valence-electron chi connectivity index (χ3n) is 0. The first kappa shape index (κ1) is 15.7. The molecule has 0 amide bonds. The van der Waals surface area contributed by atoms with Gasteiger partial charge in [0, 0.05) is 27.8 Å². The minimum Gasteiger partial charge on any atom is 0 e. The monoisotopic (exact) mass is 308 g/mol. The molecule has 32 valence electrons. The molecule has 0 aromatic carbocycles. The third-order valence-corrected chi connectivity index (χ3v) is 0. The average Bonchev–Trinajstić information content (AvgIpc) is 0.918. The minimum absolute atomic E-state index is 0. The zero-order chi connectivity index (χ0) is 2.71. The maximum Gasteiger partial charge on any atom is 0 e. The Hall–Kier alpha value is 2.04. The van der Waals surface area contributed by atoms with Crippen molar-refractivity contribution in [3.8, 4) is 0 Å². The van der Waals surface area contributed by atoms with Gasteiger partial charge >= 0.3 is 36.7 Å². The topological polar surface area (TPSA) is 0 Å². The van der Waals surface area contributed by atoms with Crippen LogP contribution in [0.4, 0.5) is 0 Å². The Morgan fingerprint density at radius 1 is 1.20 bits per heavy atom. The smallest absolute Gasteiger partial charge is 0 e. The molecule has 6 radical (unpaired) electrons. The molecule has 0 aromatic rings. The molecule has 0 bridgehead atoms. The van der Waals surface area contributed by atoms with Gasteiger partial charge in [0.1, 0.15) is 0 Å². The molecule has 0 aliphatic heterocycles. The Morgan fingerprint density at radius 3 is 1.20 bits per heavy atom. The minimum atomic E-state index is -0.826. The van der Waals surface area contributed by atoms with E-state index in [1.54, 1.807) is 0 Å². The summed E-state index contributed by atoms with van der Waals surface area (Å²) in [5.41, 5.74) is 0. The van der Waals surface area contributed by atoms with E-state index in [2.05, 4.69) is 0 Å². The Bertz CT molecular complexity index is 9.61. The first-order valence-corrected chi connectivity index (χ1v) is 7.61. The summed E-state index contributed by atoms with van der Waals surface area (Å²) in [4.78, 5) is 0. The molecule has 0 saturated carbocycles. The summed E-state index contributed by atoms with van der Waals surface area (Å²) in [6.45, 7) is 0. The standard InChI is InChI=1S/C.2ClH.Pd.Sn/h;2*1H;;/q;;;;+2/p-2. The van der Waals surface area contributed by atoms with Gasteiger partial charge in [-0.1, -0.05) is 0 Å².